The summed E-state index contributed by atoms with van der Waals surface area (Å²) in [7, 11) is 0. The third kappa shape index (κ3) is 5.03. The lowest BCUT2D eigenvalue weighted by Crippen LogP contribution is -2.30. The summed E-state index contributed by atoms with van der Waals surface area (Å²) in [6.45, 7) is 10.7. The zero-order chi connectivity index (χ0) is 21.8. The average molecular weight is 518 g/mol. The van der Waals surface area contributed by atoms with Crippen LogP contribution in [0.1, 0.15) is 60.9 Å². The van der Waals surface area contributed by atoms with Gasteiger partial charge in [0.1, 0.15) is 18.1 Å². The number of nitrogens with zero attached hydrogens (tertiary/aromatic N) is 1. The zero-order valence-electron chi connectivity index (χ0n) is 18.0. The van der Waals surface area contributed by atoms with Crippen molar-refractivity contribution in [1.29, 1.82) is 0 Å². The standard InChI is InChI=1S/C24H27IN2O3/c1-14(2)18-12-19(22-21(25)23(30-27-22)24(28)26-15(3)4)20(11-16(18)5)29-13-17-9-7-6-8-10-17/h6-12,14-15H,13H2,1-5H3,(H,26,28). The molecule has 30 heavy (non-hydrogen) atoms. The number of halogens is 1. The van der Waals surface area contributed by atoms with Crippen LogP contribution in [0.4, 0.5) is 0 Å². The van der Waals surface area contributed by atoms with Crippen molar-refractivity contribution in [3.63, 3.8) is 0 Å². The van der Waals surface area contributed by atoms with E-state index in [0.29, 0.717) is 21.8 Å². The molecule has 0 radical (unpaired) electrons. The molecule has 0 unspecified atom stereocenters. The minimum atomic E-state index is -0.268. The number of carbonyl (C=O) groups excluding carboxylic acids is 1. The molecule has 0 aliphatic carbocycles. The highest BCUT2D eigenvalue weighted by molar-refractivity contribution is 14.1. The molecule has 2 aromatic carbocycles. The van der Waals surface area contributed by atoms with E-state index in [-0.39, 0.29) is 17.7 Å². The molecule has 6 heteroatoms. The van der Waals surface area contributed by atoms with Gasteiger partial charge in [-0.1, -0.05) is 49.3 Å². The van der Waals surface area contributed by atoms with Gasteiger partial charge in [0.05, 0.1) is 3.57 Å². The van der Waals surface area contributed by atoms with Crippen LogP contribution in [0.3, 0.4) is 0 Å². The fraction of sp³-hybridized carbons (Fsp3) is 0.333. The van der Waals surface area contributed by atoms with Crippen molar-refractivity contribution in [2.75, 3.05) is 0 Å². The van der Waals surface area contributed by atoms with E-state index in [0.717, 1.165) is 22.4 Å². The maximum Gasteiger partial charge on any atom is 0.291 e. The van der Waals surface area contributed by atoms with Crippen molar-refractivity contribution in [3.05, 3.63) is 68.5 Å². The van der Waals surface area contributed by atoms with Crippen molar-refractivity contribution in [3.8, 4) is 17.0 Å². The van der Waals surface area contributed by atoms with E-state index in [1.54, 1.807) is 0 Å². The second-order valence-corrected chi connectivity index (χ2v) is 9.02. The molecule has 1 heterocycles. The molecule has 3 aromatic rings. The van der Waals surface area contributed by atoms with Crippen LogP contribution in [0.25, 0.3) is 11.3 Å². The van der Waals surface area contributed by atoms with E-state index in [4.69, 9.17) is 9.26 Å². The molecule has 0 spiro atoms. The number of benzene rings is 2. The molecule has 0 aliphatic heterocycles. The Bertz CT molecular complexity index is 1030. The molecule has 5 nitrogen and oxygen atoms in total. The van der Waals surface area contributed by atoms with Crippen LogP contribution in [0.5, 0.6) is 5.75 Å². The first kappa shape index (κ1) is 22.3. The Morgan fingerprint density at radius 1 is 1.17 bits per heavy atom. The number of aromatic nitrogens is 1. The first-order valence-corrected chi connectivity index (χ1v) is 11.1. The summed E-state index contributed by atoms with van der Waals surface area (Å²) in [6.07, 6.45) is 0. The third-order valence-corrected chi connectivity index (χ3v) is 5.74. The normalized spacial score (nSPS) is 11.2. The third-order valence-electron chi connectivity index (χ3n) is 4.74. The van der Waals surface area contributed by atoms with Gasteiger partial charge in [-0.15, -0.1) is 0 Å². The van der Waals surface area contributed by atoms with Gasteiger partial charge in [0.15, 0.2) is 0 Å². The summed E-state index contributed by atoms with van der Waals surface area (Å²) in [4.78, 5) is 12.5. The van der Waals surface area contributed by atoms with Crippen LogP contribution in [0.2, 0.25) is 0 Å². The highest BCUT2D eigenvalue weighted by Crippen LogP contribution is 2.38. The molecular formula is C24H27IN2O3. The van der Waals surface area contributed by atoms with Gasteiger partial charge in [0.25, 0.3) is 5.91 Å². The van der Waals surface area contributed by atoms with Gasteiger partial charge >= 0.3 is 0 Å². The fourth-order valence-corrected chi connectivity index (χ4v) is 4.01. The van der Waals surface area contributed by atoms with Crippen molar-refractivity contribution in [2.24, 2.45) is 0 Å². The molecule has 0 saturated heterocycles. The number of hydrogen-bond acceptors (Lipinski definition) is 4. The Kier molecular flexibility index (Phi) is 7.18. The Morgan fingerprint density at radius 2 is 1.87 bits per heavy atom. The summed E-state index contributed by atoms with van der Waals surface area (Å²) in [6, 6.07) is 14.2. The molecule has 1 aromatic heterocycles. The Balaban J connectivity index is 2.02. The molecule has 0 atom stereocenters. The predicted octanol–water partition coefficient (Wildman–Crippen LogP) is 6.10. The monoisotopic (exact) mass is 518 g/mol. The quantitative estimate of drug-likeness (QED) is 0.385. The second kappa shape index (κ2) is 9.64. The first-order chi connectivity index (χ1) is 14.3. The number of rotatable bonds is 7. The van der Waals surface area contributed by atoms with Crippen LogP contribution in [-0.2, 0) is 6.61 Å². The molecule has 0 fully saturated rings. The average Bonchev–Trinajstić information content (AvgIpc) is 3.07. The van der Waals surface area contributed by atoms with Crippen molar-refractivity contribution in [1.82, 2.24) is 10.5 Å². The van der Waals surface area contributed by atoms with Crippen LogP contribution >= 0.6 is 22.6 Å². The van der Waals surface area contributed by atoms with Gasteiger partial charge in [0.2, 0.25) is 5.76 Å². The lowest BCUT2D eigenvalue weighted by atomic mass is 9.94. The summed E-state index contributed by atoms with van der Waals surface area (Å²) >= 11 is 2.12. The molecule has 158 valence electrons. The Morgan fingerprint density at radius 3 is 2.50 bits per heavy atom. The molecule has 0 saturated carbocycles. The van der Waals surface area contributed by atoms with E-state index in [2.05, 4.69) is 59.9 Å². The molecular weight excluding hydrogens is 491 g/mol. The van der Waals surface area contributed by atoms with Gasteiger partial charge in [-0.2, -0.15) is 0 Å². The number of aryl methyl sites for hydroxylation is 1. The highest BCUT2D eigenvalue weighted by Gasteiger charge is 2.25. The van der Waals surface area contributed by atoms with E-state index in [1.165, 1.54) is 5.56 Å². The van der Waals surface area contributed by atoms with E-state index < -0.39 is 0 Å². The fourth-order valence-electron chi connectivity index (χ4n) is 3.28. The summed E-state index contributed by atoms with van der Waals surface area (Å²) in [5.41, 5.74) is 4.91. The minimum Gasteiger partial charge on any atom is -0.488 e. The molecule has 3 rings (SSSR count). The first-order valence-electron chi connectivity index (χ1n) is 10.1. The van der Waals surface area contributed by atoms with Gasteiger partial charge in [-0.3, -0.25) is 4.79 Å². The summed E-state index contributed by atoms with van der Waals surface area (Å²) in [5.74, 6) is 1.03. The largest absolute Gasteiger partial charge is 0.488 e. The van der Waals surface area contributed by atoms with Gasteiger partial charge in [-0.05, 0) is 78.1 Å². The second-order valence-electron chi connectivity index (χ2n) is 7.94. The highest BCUT2D eigenvalue weighted by atomic mass is 127. The molecule has 0 bridgehead atoms. The lowest BCUT2D eigenvalue weighted by molar-refractivity contribution is 0.0904. The molecule has 1 amide bonds. The molecule has 0 aliphatic rings. The maximum atomic E-state index is 12.5. The van der Waals surface area contributed by atoms with Gasteiger partial charge in [0, 0.05) is 11.6 Å². The van der Waals surface area contributed by atoms with E-state index >= 15 is 0 Å². The number of hydrogen-bond donors (Lipinski definition) is 1. The maximum absolute atomic E-state index is 12.5. The zero-order valence-corrected chi connectivity index (χ0v) is 20.1. The number of nitrogens with one attached hydrogen (secondary N) is 1. The smallest absolute Gasteiger partial charge is 0.291 e. The van der Waals surface area contributed by atoms with Crippen LogP contribution < -0.4 is 10.1 Å². The van der Waals surface area contributed by atoms with E-state index in [1.807, 2.05) is 50.2 Å². The van der Waals surface area contributed by atoms with Crippen molar-refractivity contribution in [2.45, 2.75) is 53.2 Å². The number of carbonyl (C=O) groups is 1. The lowest BCUT2D eigenvalue weighted by Gasteiger charge is -2.17. The summed E-state index contributed by atoms with van der Waals surface area (Å²) in [5, 5.41) is 7.09. The van der Waals surface area contributed by atoms with Crippen LogP contribution in [0, 0.1) is 10.5 Å². The number of amides is 1. The van der Waals surface area contributed by atoms with Crippen molar-refractivity contribution < 1.29 is 14.1 Å². The van der Waals surface area contributed by atoms with Crippen LogP contribution in [0.15, 0.2) is 47.0 Å². The van der Waals surface area contributed by atoms with Crippen LogP contribution in [-0.4, -0.2) is 17.1 Å². The topological polar surface area (TPSA) is 64.4 Å². The summed E-state index contributed by atoms with van der Waals surface area (Å²) < 4.78 is 12.3. The van der Waals surface area contributed by atoms with E-state index in [9.17, 15) is 4.79 Å². The van der Waals surface area contributed by atoms with Gasteiger partial charge in [-0.25, -0.2) is 0 Å². The molecule has 1 N–H and O–H groups in total. The SMILES string of the molecule is Cc1cc(OCc2ccccc2)c(-c2noc(C(=O)NC(C)C)c2I)cc1C(C)C. The van der Waals surface area contributed by atoms with Gasteiger partial charge < -0.3 is 14.6 Å². The Hall–Kier alpha value is -2.35. The minimum absolute atomic E-state index is 0.0125. The number of ether oxygens (including phenoxy) is 1. The van der Waals surface area contributed by atoms with Crippen molar-refractivity contribution >= 4 is 28.5 Å². The predicted molar refractivity (Wildman–Crippen MR) is 127 cm³/mol. The Labute approximate surface area is 191 Å².